The van der Waals surface area contributed by atoms with E-state index in [1.165, 1.54) is 0 Å². The summed E-state index contributed by atoms with van der Waals surface area (Å²) < 4.78 is 11.2. The van der Waals surface area contributed by atoms with Gasteiger partial charge in [0.05, 0.1) is 12.2 Å². The van der Waals surface area contributed by atoms with Gasteiger partial charge in [0, 0.05) is 28.4 Å². The fraction of sp³-hybridized carbons (Fsp3) is 0.0714. The molecule has 2 aromatic heterocycles. The highest BCUT2D eigenvalue weighted by Crippen LogP contribution is 2.24. The molecule has 2 heterocycles. The van der Waals surface area contributed by atoms with E-state index in [9.17, 15) is 0 Å². The van der Waals surface area contributed by atoms with Crippen LogP contribution in [0.25, 0.3) is 22.5 Å². The van der Waals surface area contributed by atoms with Gasteiger partial charge in [-0.15, -0.1) is 10.2 Å². The van der Waals surface area contributed by atoms with E-state index in [2.05, 4.69) is 26.0 Å². The minimum atomic E-state index is 0.314. The molecule has 5 rings (SSSR count). The second kappa shape index (κ2) is 11.4. The van der Waals surface area contributed by atoms with Crippen LogP contribution < -0.4 is 21.1 Å². The van der Waals surface area contributed by atoms with Crippen LogP contribution in [0.1, 0.15) is 11.3 Å². The SMILES string of the molecule is NCc1cc(-c2ccc(OCc3ccccc3NC(=S)Nc3ccc(-c4ccccc4)nn3)cc2)no1. The summed E-state index contributed by atoms with van der Waals surface area (Å²) in [5, 5.41) is 19.3. The number of ether oxygens (including phenoxy) is 1. The largest absolute Gasteiger partial charge is 0.489 e. The predicted octanol–water partition coefficient (Wildman–Crippen LogP) is 5.65. The number of nitrogens with two attached hydrogens (primary N) is 1. The Morgan fingerprint density at radius 3 is 2.30 bits per heavy atom. The monoisotopic (exact) mass is 508 g/mol. The number of para-hydroxylation sites is 1. The normalized spacial score (nSPS) is 10.6. The van der Waals surface area contributed by atoms with Gasteiger partial charge in [0.15, 0.2) is 16.7 Å². The van der Waals surface area contributed by atoms with E-state index in [1.54, 1.807) is 0 Å². The second-order valence-electron chi connectivity index (χ2n) is 8.10. The summed E-state index contributed by atoms with van der Waals surface area (Å²) in [7, 11) is 0. The van der Waals surface area contributed by atoms with E-state index in [0.717, 1.165) is 39.5 Å². The van der Waals surface area contributed by atoms with Crippen LogP contribution in [0.2, 0.25) is 0 Å². The number of aromatic nitrogens is 3. The van der Waals surface area contributed by atoms with Crippen molar-refractivity contribution in [1.82, 2.24) is 15.4 Å². The molecule has 8 nitrogen and oxygen atoms in total. The molecule has 0 amide bonds. The Bertz CT molecular complexity index is 1470. The molecular weight excluding hydrogens is 484 g/mol. The summed E-state index contributed by atoms with van der Waals surface area (Å²) >= 11 is 5.50. The average molecular weight is 509 g/mol. The maximum absolute atomic E-state index is 6.02. The number of rotatable bonds is 8. The topological polar surface area (TPSA) is 111 Å². The van der Waals surface area contributed by atoms with Gasteiger partial charge in [-0.2, -0.15) is 0 Å². The third-order valence-corrected chi connectivity index (χ3v) is 5.75. The van der Waals surface area contributed by atoms with Crippen LogP contribution in [0.15, 0.2) is 102 Å². The summed E-state index contributed by atoms with van der Waals surface area (Å²) in [5.74, 6) is 1.93. The fourth-order valence-corrected chi connectivity index (χ4v) is 3.84. The van der Waals surface area contributed by atoms with Crippen molar-refractivity contribution in [2.24, 2.45) is 5.73 Å². The minimum Gasteiger partial charge on any atom is -0.489 e. The molecular formula is C28H24N6O2S. The maximum atomic E-state index is 6.02. The van der Waals surface area contributed by atoms with Crippen molar-refractivity contribution < 1.29 is 9.26 Å². The second-order valence-corrected chi connectivity index (χ2v) is 8.51. The molecule has 0 aliphatic heterocycles. The molecule has 9 heteroatoms. The molecule has 37 heavy (non-hydrogen) atoms. The summed E-state index contributed by atoms with van der Waals surface area (Å²) in [6.45, 7) is 0.673. The van der Waals surface area contributed by atoms with E-state index < -0.39 is 0 Å². The molecule has 0 unspecified atom stereocenters. The zero-order valence-electron chi connectivity index (χ0n) is 19.8. The number of thiocarbonyl (C=S) groups is 1. The zero-order valence-corrected chi connectivity index (χ0v) is 20.6. The number of nitrogens with zero attached hydrogens (tertiary/aromatic N) is 3. The molecule has 0 aliphatic carbocycles. The van der Waals surface area contributed by atoms with Crippen LogP contribution in [0, 0.1) is 0 Å². The molecule has 184 valence electrons. The lowest BCUT2D eigenvalue weighted by atomic mass is 10.1. The predicted molar refractivity (Wildman–Crippen MR) is 148 cm³/mol. The van der Waals surface area contributed by atoms with Gasteiger partial charge < -0.3 is 25.6 Å². The molecule has 0 bridgehead atoms. The van der Waals surface area contributed by atoms with Crippen molar-refractivity contribution in [3.8, 4) is 28.3 Å². The van der Waals surface area contributed by atoms with Crippen molar-refractivity contribution in [3.63, 3.8) is 0 Å². The molecule has 0 spiro atoms. The molecule has 0 fully saturated rings. The van der Waals surface area contributed by atoms with Gasteiger partial charge in [0.2, 0.25) is 0 Å². The van der Waals surface area contributed by atoms with E-state index in [1.807, 2.05) is 97.1 Å². The highest BCUT2D eigenvalue weighted by atomic mass is 32.1. The molecule has 0 atom stereocenters. The number of hydrogen-bond donors (Lipinski definition) is 3. The first-order valence-electron chi connectivity index (χ1n) is 11.6. The van der Waals surface area contributed by atoms with Crippen molar-refractivity contribution >= 4 is 28.8 Å². The maximum Gasteiger partial charge on any atom is 0.176 e. The van der Waals surface area contributed by atoms with Gasteiger partial charge in [-0.05, 0) is 54.7 Å². The van der Waals surface area contributed by atoms with Crippen LogP contribution in [0.5, 0.6) is 5.75 Å². The molecule has 0 saturated carbocycles. The minimum absolute atomic E-state index is 0.314. The lowest BCUT2D eigenvalue weighted by Crippen LogP contribution is -2.21. The van der Waals surface area contributed by atoms with E-state index in [0.29, 0.717) is 29.8 Å². The first-order chi connectivity index (χ1) is 18.2. The van der Waals surface area contributed by atoms with E-state index >= 15 is 0 Å². The Balaban J connectivity index is 1.18. The first-order valence-corrected chi connectivity index (χ1v) is 12.0. The smallest absolute Gasteiger partial charge is 0.176 e. The van der Waals surface area contributed by atoms with Gasteiger partial charge in [0.1, 0.15) is 18.1 Å². The number of nitrogens with one attached hydrogen (secondary N) is 2. The lowest BCUT2D eigenvalue weighted by Gasteiger charge is -2.14. The molecule has 0 saturated heterocycles. The van der Waals surface area contributed by atoms with Crippen molar-refractivity contribution in [1.29, 1.82) is 0 Å². The zero-order chi connectivity index (χ0) is 25.5. The molecule has 3 aromatic carbocycles. The van der Waals surface area contributed by atoms with E-state index in [-0.39, 0.29) is 0 Å². The van der Waals surface area contributed by atoms with Crippen LogP contribution in [0.4, 0.5) is 11.5 Å². The van der Waals surface area contributed by atoms with Crippen LogP contribution in [-0.4, -0.2) is 20.5 Å². The van der Waals surface area contributed by atoms with Crippen molar-refractivity contribution in [3.05, 3.63) is 108 Å². The third kappa shape index (κ3) is 6.16. The van der Waals surface area contributed by atoms with Gasteiger partial charge in [0.25, 0.3) is 0 Å². The third-order valence-electron chi connectivity index (χ3n) is 5.55. The Labute approximate surface area is 219 Å². The van der Waals surface area contributed by atoms with E-state index in [4.69, 9.17) is 27.2 Å². The van der Waals surface area contributed by atoms with Crippen LogP contribution in [-0.2, 0) is 13.2 Å². The highest BCUT2D eigenvalue weighted by Gasteiger charge is 2.09. The molecule has 4 N–H and O–H groups in total. The van der Waals surface area contributed by atoms with Gasteiger partial charge in [-0.3, -0.25) is 0 Å². The molecule has 0 radical (unpaired) electrons. The van der Waals surface area contributed by atoms with Gasteiger partial charge in [-0.25, -0.2) is 0 Å². The number of anilines is 2. The molecule has 5 aromatic rings. The highest BCUT2D eigenvalue weighted by molar-refractivity contribution is 7.80. The van der Waals surface area contributed by atoms with Gasteiger partial charge >= 0.3 is 0 Å². The first kappa shape index (κ1) is 24.1. The summed E-state index contributed by atoms with van der Waals surface area (Å²) in [6.07, 6.45) is 0. The van der Waals surface area contributed by atoms with Crippen molar-refractivity contribution in [2.75, 3.05) is 10.6 Å². The number of benzene rings is 3. The quantitative estimate of drug-likeness (QED) is 0.229. The number of hydrogen-bond acceptors (Lipinski definition) is 7. The lowest BCUT2D eigenvalue weighted by molar-refractivity contribution is 0.307. The standard InChI is InChI=1S/C28H24N6O2S/c29-17-23-16-26(34-36-23)20-10-12-22(13-11-20)35-18-21-8-4-5-9-24(21)30-28(37)31-27-15-14-25(32-33-27)19-6-2-1-3-7-19/h1-16H,17-18,29H2,(H2,30,31,33,37). The summed E-state index contributed by atoms with van der Waals surface area (Å²) in [6, 6.07) is 30.9. The van der Waals surface area contributed by atoms with Gasteiger partial charge in [-0.1, -0.05) is 53.7 Å². The Morgan fingerprint density at radius 2 is 1.57 bits per heavy atom. The Morgan fingerprint density at radius 1 is 0.811 bits per heavy atom. The Kier molecular flexibility index (Phi) is 7.44. The van der Waals surface area contributed by atoms with Crippen LogP contribution in [0.3, 0.4) is 0 Å². The van der Waals surface area contributed by atoms with Crippen LogP contribution >= 0.6 is 12.2 Å². The summed E-state index contributed by atoms with van der Waals surface area (Å²) in [4.78, 5) is 0. The Hall–Kier alpha value is -4.60. The molecule has 0 aliphatic rings. The van der Waals surface area contributed by atoms with Crippen molar-refractivity contribution in [2.45, 2.75) is 13.2 Å². The average Bonchev–Trinajstić information content (AvgIpc) is 3.43. The summed E-state index contributed by atoms with van der Waals surface area (Å²) in [5.41, 5.74) is 10.8. The fourth-order valence-electron chi connectivity index (χ4n) is 3.63.